The minimum atomic E-state index is -0.356. The minimum Gasteiger partial charge on any atom is -0.391 e. The standard InChI is InChI=1S/C12H19N3O2/c1-8-3-4-10(15(8)2)12(17)14-6-9-5-13-7-11(9)16/h3-4,9,11,13,16H,5-7H2,1-2H3,(H,14,17). The average Bonchev–Trinajstić information content (AvgIpc) is 2.84. The fraction of sp³-hybridized carbons (Fsp3) is 0.583. The predicted molar refractivity (Wildman–Crippen MR) is 64.8 cm³/mol. The monoisotopic (exact) mass is 237 g/mol. The van der Waals surface area contributed by atoms with Gasteiger partial charge in [-0.05, 0) is 19.1 Å². The molecule has 3 N–H and O–H groups in total. The first-order chi connectivity index (χ1) is 8.09. The maximum atomic E-state index is 11.9. The van der Waals surface area contributed by atoms with E-state index in [0.29, 0.717) is 18.8 Å². The molecule has 2 rings (SSSR count). The van der Waals surface area contributed by atoms with Gasteiger partial charge in [0.2, 0.25) is 0 Å². The summed E-state index contributed by atoms with van der Waals surface area (Å²) < 4.78 is 1.86. The predicted octanol–water partition coefficient (Wildman–Crippen LogP) is -0.356. The molecule has 0 saturated carbocycles. The van der Waals surface area contributed by atoms with Crippen LogP contribution in [0.15, 0.2) is 12.1 Å². The number of β-amino-alcohol motifs (C(OH)–C–C–N with tert-alkyl or cyclic N) is 1. The van der Waals surface area contributed by atoms with E-state index in [0.717, 1.165) is 12.2 Å². The molecule has 0 aromatic carbocycles. The summed E-state index contributed by atoms with van der Waals surface area (Å²) in [6, 6.07) is 3.73. The van der Waals surface area contributed by atoms with Gasteiger partial charge >= 0.3 is 0 Å². The summed E-state index contributed by atoms with van der Waals surface area (Å²) in [7, 11) is 1.87. The molecule has 1 aromatic rings. The molecule has 1 saturated heterocycles. The highest BCUT2D eigenvalue weighted by Crippen LogP contribution is 2.09. The highest BCUT2D eigenvalue weighted by atomic mass is 16.3. The van der Waals surface area contributed by atoms with E-state index in [2.05, 4.69) is 10.6 Å². The van der Waals surface area contributed by atoms with Gasteiger partial charge in [0.25, 0.3) is 5.91 Å². The summed E-state index contributed by atoms with van der Waals surface area (Å²) in [6.07, 6.45) is -0.356. The zero-order valence-electron chi connectivity index (χ0n) is 10.2. The number of aliphatic hydroxyl groups is 1. The first kappa shape index (κ1) is 12.1. The van der Waals surface area contributed by atoms with Gasteiger partial charge in [0.05, 0.1) is 6.10 Å². The van der Waals surface area contributed by atoms with Crippen molar-refractivity contribution in [3.8, 4) is 0 Å². The summed E-state index contributed by atoms with van der Waals surface area (Å²) in [6.45, 7) is 3.84. The van der Waals surface area contributed by atoms with Gasteiger partial charge < -0.3 is 20.3 Å². The zero-order chi connectivity index (χ0) is 12.4. The molecule has 1 amide bonds. The third-order valence-electron chi connectivity index (χ3n) is 3.43. The first-order valence-electron chi connectivity index (χ1n) is 5.89. The van der Waals surface area contributed by atoms with Gasteiger partial charge in [-0.3, -0.25) is 4.79 Å². The highest BCUT2D eigenvalue weighted by molar-refractivity contribution is 5.92. The molecular weight excluding hydrogens is 218 g/mol. The van der Waals surface area contributed by atoms with Gasteiger partial charge in [-0.25, -0.2) is 0 Å². The number of aromatic nitrogens is 1. The van der Waals surface area contributed by atoms with Gasteiger partial charge in [-0.15, -0.1) is 0 Å². The molecule has 0 bridgehead atoms. The second-order valence-corrected chi connectivity index (χ2v) is 4.61. The quantitative estimate of drug-likeness (QED) is 0.673. The van der Waals surface area contributed by atoms with Crippen LogP contribution in [0.1, 0.15) is 16.2 Å². The van der Waals surface area contributed by atoms with Crippen molar-refractivity contribution in [2.75, 3.05) is 19.6 Å². The molecule has 2 atom stereocenters. The van der Waals surface area contributed by atoms with Crippen molar-refractivity contribution in [1.82, 2.24) is 15.2 Å². The van der Waals surface area contributed by atoms with Crippen LogP contribution in [0.25, 0.3) is 0 Å². The third-order valence-corrected chi connectivity index (χ3v) is 3.43. The first-order valence-corrected chi connectivity index (χ1v) is 5.89. The van der Waals surface area contributed by atoms with Crippen molar-refractivity contribution in [2.24, 2.45) is 13.0 Å². The van der Waals surface area contributed by atoms with E-state index in [-0.39, 0.29) is 17.9 Å². The van der Waals surface area contributed by atoms with Crippen LogP contribution < -0.4 is 10.6 Å². The van der Waals surface area contributed by atoms with E-state index in [1.165, 1.54) is 0 Å². The van der Waals surface area contributed by atoms with E-state index in [1.807, 2.05) is 30.7 Å². The Kier molecular flexibility index (Phi) is 3.49. The van der Waals surface area contributed by atoms with E-state index in [4.69, 9.17) is 0 Å². The second kappa shape index (κ2) is 4.89. The number of hydrogen-bond acceptors (Lipinski definition) is 3. The van der Waals surface area contributed by atoms with E-state index in [1.54, 1.807) is 0 Å². The Balaban J connectivity index is 1.91. The van der Waals surface area contributed by atoms with Crippen molar-refractivity contribution in [1.29, 1.82) is 0 Å². The summed E-state index contributed by atoms with van der Waals surface area (Å²) in [4.78, 5) is 11.9. The molecule has 1 aliphatic rings. The number of rotatable bonds is 3. The lowest BCUT2D eigenvalue weighted by Crippen LogP contribution is -2.35. The fourth-order valence-corrected chi connectivity index (χ4v) is 2.08. The normalized spacial score (nSPS) is 23.9. The van der Waals surface area contributed by atoms with Gasteiger partial charge in [0.1, 0.15) is 5.69 Å². The van der Waals surface area contributed by atoms with Crippen LogP contribution in [0.3, 0.4) is 0 Å². The van der Waals surface area contributed by atoms with Crippen molar-refractivity contribution in [3.05, 3.63) is 23.5 Å². The summed E-state index contributed by atoms with van der Waals surface area (Å²) in [5, 5.41) is 15.6. The fourth-order valence-electron chi connectivity index (χ4n) is 2.08. The Bertz CT molecular complexity index is 414. The largest absolute Gasteiger partial charge is 0.391 e. The van der Waals surface area contributed by atoms with Gasteiger partial charge in [0, 0.05) is 38.3 Å². The average molecular weight is 237 g/mol. The molecule has 17 heavy (non-hydrogen) atoms. The van der Waals surface area contributed by atoms with E-state index >= 15 is 0 Å². The molecule has 1 aromatic heterocycles. The lowest BCUT2D eigenvalue weighted by Gasteiger charge is -2.14. The molecule has 2 heterocycles. The number of carbonyl (C=O) groups is 1. The maximum Gasteiger partial charge on any atom is 0.267 e. The molecule has 0 spiro atoms. The summed E-state index contributed by atoms with van der Waals surface area (Å²) >= 11 is 0. The minimum absolute atomic E-state index is 0.0836. The maximum absolute atomic E-state index is 11.9. The Morgan fingerprint density at radius 1 is 1.59 bits per heavy atom. The van der Waals surface area contributed by atoms with Crippen molar-refractivity contribution in [2.45, 2.75) is 13.0 Å². The van der Waals surface area contributed by atoms with Crippen molar-refractivity contribution in [3.63, 3.8) is 0 Å². The number of nitrogens with one attached hydrogen (secondary N) is 2. The van der Waals surface area contributed by atoms with Crippen LogP contribution in [0.2, 0.25) is 0 Å². The van der Waals surface area contributed by atoms with Crippen LogP contribution >= 0.6 is 0 Å². The molecule has 0 radical (unpaired) electrons. The Labute approximate surface area is 101 Å². The number of hydrogen-bond donors (Lipinski definition) is 3. The lowest BCUT2D eigenvalue weighted by atomic mass is 10.1. The van der Waals surface area contributed by atoms with E-state index in [9.17, 15) is 9.90 Å². The molecule has 2 unspecified atom stereocenters. The van der Waals surface area contributed by atoms with E-state index < -0.39 is 0 Å². The summed E-state index contributed by atoms with van der Waals surface area (Å²) in [5.74, 6) is 0.0278. The smallest absolute Gasteiger partial charge is 0.267 e. The SMILES string of the molecule is Cc1ccc(C(=O)NCC2CNCC2O)n1C. The number of aliphatic hydroxyl groups excluding tert-OH is 1. The molecule has 5 nitrogen and oxygen atoms in total. The van der Waals surface area contributed by atoms with Gasteiger partial charge in [-0.2, -0.15) is 0 Å². The van der Waals surface area contributed by atoms with Gasteiger partial charge in [-0.1, -0.05) is 0 Å². The Morgan fingerprint density at radius 2 is 2.35 bits per heavy atom. The van der Waals surface area contributed by atoms with Crippen LogP contribution in [0, 0.1) is 12.8 Å². The molecule has 94 valence electrons. The molecule has 5 heteroatoms. The third kappa shape index (κ3) is 2.50. The molecule has 0 aliphatic carbocycles. The van der Waals surface area contributed by atoms with Crippen LogP contribution in [-0.4, -0.2) is 41.3 Å². The number of aryl methyl sites for hydroxylation is 1. The number of amides is 1. The molecule has 1 fully saturated rings. The number of carbonyl (C=O) groups excluding carboxylic acids is 1. The topological polar surface area (TPSA) is 66.3 Å². The Hall–Kier alpha value is -1.33. The molecular formula is C12H19N3O2. The van der Waals surface area contributed by atoms with Crippen LogP contribution in [-0.2, 0) is 7.05 Å². The van der Waals surface area contributed by atoms with Crippen molar-refractivity contribution >= 4 is 5.91 Å². The second-order valence-electron chi connectivity index (χ2n) is 4.61. The summed E-state index contributed by atoms with van der Waals surface area (Å²) in [5.41, 5.74) is 1.71. The Morgan fingerprint density at radius 3 is 2.88 bits per heavy atom. The van der Waals surface area contributed by atoms with Crippen LogP contribution in [0.5, 0.6) is 0 Å². The van der Waals surface area contributed by atoms with Crippen LogP contribution in [0.4, 0.5) is 0 Å². The molecule has 1 aliphatic heterocycles. The van der Waals surface area contributed by atoms with Gasteiger partial charge in [0.15, 0.2) is 0 Å². The van der Waals surface area contributed by atoms with Crippen molar-refractivity contribution < 1.29 is 9.90 Å². The lowest BCUT2D eigenvalue weighted by molar-refractivity contribution is 0.0919. The zero-order valence-corrected chi connectivity index (χ0v) is 10.2. The highest BCUT2D eigenvalue weighted by Gasteiger charge is 2.25. The number of nitrogens with zero attached hydrogens (tertiary/aromatic N) is 1.